The molecule has 0 unspecified atom stereocenters. The highest BCUT2D eigenvalue weighted by Crippen LogP contribution is 2.31. The summed E-state index contributed by atoms with van der Waals surface area (Å²) in [5, 5.41) is 40.4. The van der Waals surface area contributed by atoms with Gasteiger partial charge in [0.25, 0.3) is 11.8 Å². The molecule has 5 aliphatic rings. The average molecular weight is 1120 g/mol. The van der Waals surface area contributed by atoms with Gasteiger partial charge in [-0.25, -0.2) is 0 Å². The van der Waals surface area contributed by atoms with Gasteiger partial charge in [0, 0.05) is 50.9 Å². The molecule has 0 aromatic heterocycles. The monoisotopic (exact) mass is 1120 g/mol. The number of fused-ring (bicyclic) bond motifs is 8. The van der Waals surface area contributed by atoms with Crippen LogP contribution >= 0.6 is 0 Å². The number of rotatable bonds is 10. The van der Waals surface area contributed by atoms with Crippen LogP contribution in [0.3, 0.4) is 0 Å². The van der Waals surface area contributed by atoms with Crippen LogP contribution in [0.25, 0.3) is 0 Å². The van der Waals surface area contributed by atoms with Gasteiger partial charge in [-0.3, -0.25) is 38.4 Å². The number of carbonyl (C=O) groups is 8. The molecule has 3 aliphatic heterocycles. The van der Waals surface area contributed by atoms with Crippen molar-refractivity contribution in [2.45, 2.75) is 177 Å². The van der Waals surface area contributed by atoms with Crippen LogP contribution in [0.5, 0.6) is 11.5 Å². The minimum atomic E-state index is -1.53. The molecule has 22 heteroatoms. The summed E-state index contributed by atoms with van der Waals surface area (Å²) >= 11 is 0. The van der Waals surface area contributed by atoms with E-state index in [-0.39, 0.29) is 75.4 Å². The van der Waals surface area contributed by atoms with Gasteiger partial charge in [0.1, 0.15) is 47.9 Å². The first kappa shape index (κ1) is 61.3. The third kappa shape index (κ3) is 15.5. The number of nitrogens with zero attached hydrogens (tertiary/aromatic N) is 2. The first-order valence-corrected chi connectivity index (χ1v) is 28.3. The molecule has 8 amide bonds. The summed E-state index contributed by atoms with van der Waals surface area (Å²) in [5.74, 6) is -4.53. The maximum Gasteiger partial charge on any atom is 0.252 e. The van der Waals surface area contributed by atoms with Gasteiger partial charge in [-0.2, -0.15) is 0 Å². The van der Waals surface area contributed by atoms with Crippen molar-refractivity contribution < 1.29 is 67.5 Å². The number of ether oxygens (including phenoxy) is 4. The van der Waals surface area contributed by atoms with Gasteiger partial charge in [0.15, 0.2) is 12.2 Å². The van der Waals surface area contributed by atoms with Crippen molar-refractivity contribution >= 4 is 47.3 Å². The number of aliphatic hydroxyl groups is 2. The Bertz CT molecular complexity index is 2330. The Morgan fingerprint density at radius 3 is 1.19 bits per heavy atom. The molecule has 2 aromatic rings. The van der Waals surface area contributed by atoms with E-state index in [9.17, 15) is 48.6 Å². The first-order valence-electron chi connectivity index (χ1n) is 28.3. The summed E-state index contributed by atoms with van der Waals surface area (Å²) in [6.45, 7) is 7.13. The van der Waals surface area contributed by atoms with E-state index in [0.717, 1.165) is 0 Å². The van der Waals surface area contributed by atoms with Crippen molar-refractivity contribution in [1.29, 1.82) is 0 Å². The molecular formula is C58H84N8O14. The normalized spacial score (nSPS) is 31.9. The number of likely N-dealkylation sites (N-methyl/N-ethyl adjacent to an activating group) is 2. The van der Waals surface area contributed by atoms with Crippen LogP contribution in [0.1, 0.15) is 103 Å². The molecule has 8 N–H and O–H groups in total. The standard InChI is InChI=1S/C58H84N8O14/c1-31(2)23-41-53(71)63-45-29-79-49(47(45)67)55(73)61-44(26-34-17-21-40(78-8)22-18-34)58(76)66(6)38-14-10-12-36(28-38)52(70)60-42(24-32(3)4)54(72)64-46-30-80-50(48(46)68)56(74)62-43(25-33-15-19-39(77-7)20-16-33)57(75)65(5)37-13-9-11-35(27-37)51(69)59-41/h15-22,31-32,35-38,41-50,67-68H,9-14,23-30H2,1-8H3,(H,59,69)(H,60,70)(H,61,73)(H,62,74)(H,63,71)(H,64,72)/t35-,36-,37+,38+,41-,42-,43-,44-,45+,46+,47-,48-,49-,50-/m1/s1. The average Bonchev–Trinajstić information content (AvgIpc) is 4.02. The molecule has 22 nitrogen and oxygen atoms in total. The van der Waals surface area contributed by atoms with E-state index >= 15 is 0 Å². The van der Waals surface area contributed by atoms with Crippen LogP contribution in [0, 0.1) is 23.7 Å². The number of methoxy groups -OCH3 is 2. The Morgan fingerprint density at radius 1 is 0.500 bits per heavy atom. The lowest BCUT2D eigenvalue weighted by Gasteiger charge is -2.37. The molecule has 0 spiro atoms. The second-order valence-corrected chi connectivity index (χ2v) is 23.3. The fraction of sp³-hybridized carbons (Fsp3) is 0.655. The summed E-state index contributed by atoms with van der Waals surface area (Å²) in [5.41, 5.74) is 1.39. The highest BCUT2D eigenvalue weighted by molar-refractivity contribution is 5.93. The highest BCUT2D eigenvalue weighted by Gasteiger charge is 2.46. The minimum Gasteiger partial charge on any atom is -0.497 e. The summed E-state index contributed by atoms with van der Waals surface area (Å²) in [4.78, 5) is 117. The number of benzene rings is 2. The zero-order valence-electron chi connectivity index (χ0n) is 47.4. The predicted molar refractivity (Wildman–Crippen MR) is 292 cm³/mol. The van der Waals surface area contributed by atoms with Gasteiger partial charge in [0.2, 0.25) is 35.4 Å². The number of nitrogens with one attached hydrogen (secondary N) is 6. The fourth-order valence-electron chi connectivity index (χ4n) is 11.8. The molecule has 2 saturated carbocycles. The van der Waals surface area contributed by atoms with E-state index in [0.29, 0.717) is 61.2 Å². The second kappa shape index (κ2) is 27.9. The number of hydrogen-bond acceptors (Lipinski definition) is 14. The van der Waals surface area contributed by atoms with Crippen LogP contribution in [-0.2, 0) is 60.7 Å². The van der Waals surface area contributed by atoms with Gasteiger partial charge in [-0.15, -0.1) is 0 Å². The number of aliphatic hydroxyl groups excluding tert-OH is 2. The van der Waals surface area contributed by atoms with Crippen LogP contribution in [0.15, 0.2) is 48.5 Å². The highest BCUT2D eigenvalue weighted by atomic mass is 16.5. The lowest BCUT2D eigenvalue weighted by molar-refractivity contribution is -0.142. The topological polar surface area (TPSA) is 293 Å². The summed E-state index contributed by atoms with van der Waals surface area (Å²) in [6, 6.07) is 6.66. The molecule has 8 bridgehead atoms. The van der Waals surface area contributed by atoms with E-state index in [1.807, 2.05) is 27.7 Å². The van der Waals surface area contributed by atoms with Crippen molar-refractivity contribution in [2.24, 2.45) is 23.7 Å². The molecule has 2 aromatic carbocycles. The number of carbonyl (C=O) groups excluding carboxylic acids is 8. The molecular weight excluding hydrogens is 1030 g/mol. The Balaban J connectivity index is 1.17. The molecule has 3 heterocycles. The van der Waals surface area contributed by atoms with Gasteiger partial charge in [0.05, 0.1) is 39.5 Å². The fourth-order valence-corrected chi connectivity index (χ4v) is 11.8. The zero-order valence-corrected chi connectivity index (χ0v) is 47.4. The SMILES string of the molecule is COc1ccc(C[C@H]2NC(=O)[C@@H]3OC[C@H](NC(=O)[C@@H](CC(C)C)NC(=O)[C@@H]4CCC[C@@H](C4)N(C)C(=O)[C@@H](Cc4ccc(OC)cc4)NC(=O)[C@@H]4OC[C@H](NC(=O)[C@@H](CC(C)C)NC(=O)[C@@H]5CCC[C@@H](C5)N(C)C2=O)[C@H]4O)[C@H]3O)cc1. The molecule has 440 valence electrons. The molecule has 7 rings (SSSR count). The van der Waals surface area contributed by atoms with E-state index in [1.54, 1.807) is 62.6 Å². The van der Waals surface area contributed by atoms with E-state index in [1.165, 1.54) is 24.0 Å². The number of amides is 8. The quantitative estimate of drug-likeness (QED) is 0.165. The molecule has 14 atom stereocenters. The van der Waals surface area contributed by atoms with Crippen molar-refractivity contribution in [2.75, 3.05) is 41.5 Å². The van der Waals surface area contributed by atoms with Crippen molar-refractivity contribution in [3.05, 3.63) is 59.7 Å². The van der Waals surface area contributed by atoms with Crippen LogP contribution in [-0.4, -0.2) is 182 Å². The largest absolute Gasteiger partial charge is 0.497 e. The predicted octanol–water partition coefficient (Wildman–Crippen LogP) is 1.06. The summed E-state index contributed by atoms with van der Waals surface area (Å²) < 4.78 is 22.4. The first-order chi connectivity index (χ1) is 38.1. The maximum atomic E-state index is 14.7. The van der Waals surface area contributed by atoms with Gasteiger partial charge in [-0.1, -0.05) is 64.8 Å². The van der Waals surface area contributed by atoms with Gasteiger partial charge < -0.3 is 70.9 Å². The number of hydrogen-bond donors (Lipinski definition) is 8. The third-order valence-electron chi connectivity index (χ3n) is 16.5. The van der Waals surface area contributed by atoms with Crippen molar-refractivity contribution in [1.82, 2.24) is 41.7 Å². The lowest BCUT2D eigenvalue weighted by Crippen LogP contribution is -2.58. The lowest BCUT2D eigenvalue weighted by atomic mass is 9.84. The van der Waals surface area contributed by atoms with Crippen LogP contribution in [0.4, 0.5) is 0 Å². The van der Waals surface area contributed by atoms with Crippen molar-refractivity contribution in [3.8, 4) is 11.5 Å². The Labute approximate surface area is 468 Å². The Kier molecular flexibility index (Phi) is 21.3. The Hall–Kier alpha value is -6.36. The Morgan fingerprint density at radius 2 is 0.850 bits per heavy atom. The van der Waals surface area contributed by atoms with Crippen molar-refractivity contribution in [3.63, 3.8) is 0 Å². The third-order valence-corrected chi connectivity index (χ3v) is 16.5. The van der Waals surface area contributed by atoms with Gasteiger partial charge >= 0.3 is 0 Å². The summed E-state index contributed by atoms with van der Waals surface area (Å²) in [6.07, 6.45) is -1.70. The van der Waals surface area contributed by atoms with E-state index in [4.69, 9.17) is 18.9 Å². The molecule has 80 heavy (non-hydrogen) atoms. The van der Waals surface area contributed by atoms with E-state index in [2.05, 4.69) is 31.9 Å². The zero-order chi connectivity index (χ0) is 57.9. The van der Waals surface area contributed by atoms with Crippen LogP contribution in [0.2, 0.25) is 0 Å². The van der Waals surface area contributed by atoms with Gasteiger partial charge in [-0.05, 0) is 98.6 Å². The molecule has 5 fully saturated rings. The minimum absolute atomic E-state index is 0.0483. The molecule has 0 radical (unpaired) electrons. The van der Waals surface area contributed by atoms with Crippen LogP contribution < -0.4 is 41.4 Å². The smallest absolute Gasteiger partial charge is 0.252 e. The molecule has 2 aliphatic carbocycles. The summed E-state index contributed by atoms with van der Waals surface area (Å²) in [7, 11) is 6.30. The van der Waals surface area contributed by atoms with E-state index < -0.39 is 120 Å². The maximum absolute atomic E-state index is 14.7. The second-order valence-electron chi connectivity index (χ2n) is 23.3. The molecule has 3 saturated heterocycles.